The molecule has 0 unspecified atom stereocenters. The molecule has 32 heavy (non-hydrogen) atoms. The fourth-order valence-electron chi connectivity index (χ4n) is 3.40. The van der Waals surface area contributed by atoms with E-state index in [4.69, 9.17) is 23.2 Å². The molecule has 10 nitrogen and oxygen atoms in total. The minimum absolute atomic E-state index is 0.000849. The van der Waals surface area contributed by atoms with Gasteiger partial charge in [-0.1, -0.05) is 29.3 Å². The van der Waals surface area contributed by atoms with Crippen LogP contribution < -0.4 is 0 Å². The molecule has 0 aliphatic carbocycles. The lowest BCUT2D eigenvalue weighted by Gasteiger charge is -2.33. The van der Waals surface area contributed by atoms with Crippen LogP contribution in [-0.4, -0.2) is 63.5 Å². The van der Waals surface area contributed by atoms with Gasteiger partial charge in [0.2, 0.25) is 10.0 Å². The van der Waals surface area contributed by atoms with Crippen LogP contribution in [0.15, 0.2) is 53.7 Å². The van der Waals surface area contributed by atoms with Gasteiger partial charge in [0, 0.05) is 43.9 Å². The largest absolute Gasteiger partial charge is 0.282 e. The van der Waals surface area contributed by atoms with Gasteiger partial charge in [-0.15, -0.1) is 5.10 Å². The number of rotatable bonds is 6. The Bertz CT molecular complexity index is 1220. The molecule has 1 saturated heterocycles. The summed E-state index contributed by atoms with van der Waals surface area (Å²) in [6.45, 7) is 1.99. The lowest BCUT2D eigenvalue weighted by molar-refractivity contribution is -0.384. The summed E-state index contributed by atoms with van der Waals surface area (Å²) in [6, 6.07) is 10.6. The smallest absolute Gasteiger partial charge is 0.269 e. The molecule has 3 aromatic rings. The summed E-state index contributed by atoms with van der Waals surface area (Å²) in [6.07, 6.45) is 1.57. The summed E-state index contributed by atoms with van der Waals surface area (Å²) in [4.78, 5) is 16.6. The van der Waals surface area contributed by atoms with Gasteiger partial charge >= 0.3 is 0 Å². The van der Waals surface area contributed by atoms with Crippen LogP contribution >= 0.6 is 23.2 Å². The van der Waals surface area contributed by atoms with E-state index in [9.17, 15) is 18.5 Å². The Kier molecular flexibility index (Phi) is 6.45. The predicted octanol–water partition coefficient (Wildman–Crippen LogP) is 3.12. The first-order valence-electron chi connectivity index (χ1n) is 9.56. The number of nitro benzene ring substituents is 1. The average Bonchev–Trinajstić information content (AvgIpc) is 3.22. The third kappa shape index (κ3) is 4.62. The predicted molar refractivity (Wildman–Crippen MR) is 119 cm³/mol. The highest BCUT2D eigenvalue weighted by molar-refractivity contribution is 7.89. The average molecular weight is 497 g/mol. The minimum atomic E-state index is -3.80. The fraction of sp³-hybridized carbons (Fsp3) is 0.263. The van der Waals surface area contributed by atoms with Gasteiger partial charge in [-0.05, 0) is 24.3 Å². The van der Waals surface area contributed by atoms with Crippen molar-refractivity contribution in [2.75, 3.05) is 26.2 Å². The Morgan fingerprint density at radius 2 is 1.62 bits per heavy atom. The summed E-state index contributed by atoms with van der Waals surface area (Å²) >= 11 is 12.2. The van der Waals surface area contributed by atoms with Crippen molar-refractivity contribution < 1.29 is 13.3 Å². The Labute approximate surface area is 194 Å². The third-order valence-corrected chi connectivity index (χ3v) is 7.92. The van der Waals surface area contributed by atoms with E-state index in [0.29, 0.717) is 31.1 Å². The van der Waals surface area contributed by atoms with E-state index in [1.54, 1.807) is 29.2 Å². The van der Waals surface area contributed by atoms with Gasteiger partial charge in [0.15, 0.2) is 5.82 Å². The van der Waals surface area contributed by atoms with E-state index in [0.717, 1.165) is 0 Å². The van der Waals surface area contributed by atoms with E-state index >= 15 is 0 Å². The molecule has 2 aromatic carbocycles. The SMILES string of the molecule is O=[N+]([O-])c1ccc(-c2ncn(CN3CCN(S(=O)(=O)c4c(Cl)cccc4Cl)CC3)n2)cc1. The molecule has 1 aliphatic rings. The van der Waals surface area contributed by atoms with Crippen molar-refractivity contribution in [1.82, 2.24) is 24.0 Å². The van der Waals surface area contributed by atoms with Gasteiger partial charge in [-0.2, -0.15) is 4.31 Å². The number of benzene rings is 2. The maximum atomic E-state index is 13.0. The van der Waals surface area contributed by atoms with E-state index < -0.39 is 14.9 Å². The standard InChI is InChI=1S/C19H18Cl2N6O4S/c20-16-2-1-3-17(21)18(16)32(30,31)26-10-8-24(9-11-26)13-25-12-22-19(23-25)14-4-6-15(7-5-14)27(28)29/h1-7,12H,8-11,13H2. The van der Waals surface area contributed by atoms with Crippen molar-refractivity contribution in [2.24, 2.45) is 0 Å². The summed E-state index contributed by atoms with van der Waals surface area (Å²) in [5.41, 5.74) is 0.668. The Balaban J connectivity index is 1.39. The molecule has 1 aromatic heterocycles. The molecular formula is C19H18Cl2N6O4S. The zero-order valence-corrected chi connectivity index (χ0v) is 19.0. The molecule has 0 bridgehead atoms. The number of sulfonamides is 1. The van der Waals surface area contributed by atoms with Gasteiger partial charge in [0.1, 0.15) is 11.2 Å². The number of nitrogens with zero attached hydrogens (tertiary/aromatic N) is 6. The highest BCUT2D eigenvalue weighted by atomic mass is 35.5. The molecule has 0 amide bonds. The van der Waals surface area contributed by atoms with E-state index in [1.165, 1.54) is 28.6 Å². The number of piperazine rings is 1. The molecule has 4 rings (SSSR count). The topological polar surface area (TPSA) is 114 Å². The molecule has 0 atom stereocenters. The summed E-state index contributed by atoms with van der Waals surface area (Å²) in [5.74, 6) is 0.453. The Morgan fingerprint density at radius 1 is 1.00 bits per heavy atom. The normalized spacial score (nSPS) is 15.7. The first-order valence-corrected chi connectivity index (χ1v) is 11.8. The molecule has 13 heteroatoms. The van der Waals surface area contributed by atoms with Crippen LogP contribution in [0.3, 0.4) is 0 Å². The number of non-ortho nitro benzene ring substituents is 1. The molecule has 2 heterocycles. The van der Waals surface area contributed by atoms with Gasteiger partial charge in [0.25, 0.3) is 5.69 Å². The number of nitro groups is 1. The first-order chi connectivity index (χ1) is 15.3. The molecule has 0 spiro atoms. The number of hydrogen-bond donors (Lipinski definition) is 0. The van der Waals surface area contributed by atoms with Crippen molar-refractivity contribution in [3.8, 4) is 11.4 Å². The van der Waals surface area contributed by atoms with Gasteiger partial charge in [-0.3, -0.25) is 15.0 Å². The van der Waals surface area contributed by atoms with Crippen molar-refractivity contribution in [2.45, 2.75) is 11.6 Å². The molecule has 0 N–H and O–H groups in total. The van der Waals surface area contributed by atoms with Crippen LogP contribution in [0, 0.1) is 10.1 Å². The molecular weight excluding hydrogens is 479 g/mol. The minimum Gasteiger partial charge on any atom is -0.282 e. The molecule has 168 valence electrons. The van der Waals surface area contributed by atoms with Crippen LogP contribution in [0.1, 0.15) is 0 Å². The molecule has 0 radical (unpaired) electrons. The summed E-state index contributed by atoms with van der Waals surface area (Å²) in [5, 5.41) is 15.4. The highest BCUT2D eigenvalue weighted by Crippen LogP contribution is 2.32. The maximum absolute atomic E-state index is 13.0. The lowest BCUT2D eigenvalue weighted by atomic mass is 10.2. The second kappa shape index (κ2) is 9.12. The molecule has 1 aliphatic heterocycles. The van der Waals surface area contributed by atoms with E-state index in [2.05, 4.69) is 15.0 Å². The van der Waals surface area contributed by atoms with Crippen LogP contribution in [0.2, 0.25) is 10.0 Å². The summed E-state index contributed by atoms with van der Waals surface area (Å²) in [7, 11) is -3.80. The zero-order chi connectivity index (χ0) is 22.9. The van der Waals surface area contributed by atoms with Crippen molar-refractivity contribution in [1.29, 1.82) is 0 Å². The quantitative estimate of drug-likeness (QED) is 0.380. The highest BCUT2D eigenvalue weighted by Gasteiger charge is 2.32. The number of aromatic nitrogens is 3. The van der Waals surface area contributed by atoms with Crippen LogP contribution in [0.5, 0.6) is 0 Å². The van der Waals surface area contributed by atoms with Crippen LogP contribution in [-0.2, 0) is 16.7 Å². The van der Waals surface area contributed by atoms with Gasteiger partial charge in [0.05, 0.1) is 21.6 Å². The number of hydrogen-bond acceptors (Lipinski definition) is 7. The third-order valence-electron chi connectivity index (χ3n) is 5.07. The number of halogens is 2. The second-order valence-corrected chi connectivity index (χ2v) is 9.82. The molecule has 0 saturated carbocycles. The van der Waals surface area contributed by atoms with Crippen LogP contribution in [0.4, 0.5) is 5.69 Å². The Morgan fingerprint density at radius 3 is 2.22 bits per heavy atom. The van der Waals surface area contributed by atoms with Crippen molar-refractivity contribution in [3.05, 3.63) is 69.0 Å². The maximum Gasteiger partial charge on any atom is 0.269 e. The van der Waals surface area contributed by atoms with E-state index in [1.807, 2.05) is 0 Å². The summed E-state index contributed by atoms with van der Waals surface area (Å²) < 4.78 is 29.0. The monoisotopic (exact) mass is 496 g/mol. The fourth-order valence-corrected chi connectivity index (χ4v) is 5.92. The second-order valence-electron chi connectivity index (χ2n) is 7.13. The van der Waals surface area contributed by atoms with Crippen molar-refractivity contribution in [3.63, 3.8) is 0 Å². The first kappa shape index (κ1) is 22.6. The van der Waals surface area contributed by atoms with Gasteiger partial charge < -0.3 is 0 Å². The Hall–Kier alpha value is -2.57. The van der Waals surface area contributed by atoms with Crippen LogP contribution in [0.25, 0.3) is 11.4 Å². The van der Waals surface area contributed by atoms with Gasteiger partial charge in [-0.25, -0.2) is 18.1 Å². The van der Waals surface area contributed by atoms with E-state index in [-0.39, 0.29) is 33.7 Å². The van der Waals surface area contributed by atoms with Crippen molar-refractivity contribution >= 4 is 38.9 Å². The zero-order valence-electron chi connectivity index (χ0n) is 16.6. The molecule has 1 fully saturated rings. The lowest BCUT2D eigenvalue weighted by Crippen LogP contribution is -2.49.